The van der Waals surface area contributed by atoms with Crippen molar-refractivity contribution >= 4 is 22.5 Å². The molecule has 1 amide bonds. The first-order valence-corrected chi connectivity index (χ1v) is 10.6. The Balaban J connectivity index is 1.70. The minimum Gasteiger partial charge on any atom is -0.392 e. The highest BCUT2D eigenvalue weighted by molar-refractivity contribution is 5.95. The van der Waals surface area contributed by atoms with E-state index < -0.39 is 0 Å². The van der Waals surface area contributed by atoms with Gasteiger partial charge in [-0.2, -0.15) is 0 Å². The normalized spacial score (nSPS) is 23.9. The van der Waals surface area contributed by atoms with Crippen molar-refractivity contribution in [2.24, 2.45) is 5.41 Å². The zero-order valence-corrected chi connectivity index (χ0v) is 18.0. The highest BCUT2D eigenvalue weighted by atomic mass is 16.3. The van der Waals surface area contributed by atoms with Gasteiger partial charge in [-0.1, -0.05) is 26.8 Å². The molecule has 6 nitrogen and oxygen atoms in total. The van der Waals surface area contributed by atoms with E-state index in [4.69, 9.17) is 0 Å². The van der Waals surface area contributed by atoms with Crippen LogP contribution in [0, 0.1) is 5.41 Å². The number of benzene rings is 1. The van der Waals surface area contributed by atoms with Gasteiger partial charge in [0, 0.05) is 42.6 Å². The number of aromatic amines is 1. The van der Waals surface area contributed by atoms with Crippen LogP contribution in [0.15, 0.2) is 35.5 Å². The summed E-state index contributed by atoms with van der Waals surface area (Å²) >= 11 is 0. The molecule has 3 N–H and O–H groups in total. The number of hydrogen-bond acceptors (Lipinski definition) is 4. The first kappa shape index (κ1) is 20.0. The quantitative estimate of drug-likeness (QED) is 0.734. The molecule has 1 aromatic heterocycles. The molecule has 0 radical (unpaired) electrons. The first-order valence-electron chi connectivity index (χ1n) is 10.6. The number of aromatic nitrogens is 1. The van der Waals surface area contributed by atoms with E-state index in [-0.39, 0.29) is 23.5 Å². The largest absolute Gasteiger partial charge is 0.392 e. The van der Waals surface area contributed by atoms with Crippen LogP contribution in [0.2, 0.25) is 0 Å². The standard InChI is InChI=1S/C23H32N4O2/c1-6-21(29)27(7-2)15-9-8-14-10-18(24-17(14)11-15)22-16-12-20(28)23(3,4)13-19(16)25-26(22)5/h8-11,20,22,24-25,28H,6-7,12-13H2,1-5H3. The van der Waals surface area contributed by atoms with Crippen molar-refractivity contribution in [2.75, 3.05) is 18.5 Å². The van der Waals surface area contributed by atoms with Crippen LogP contribution in [0.25, 0.3) is 10.9 Å². The second-order valence-electron chi connectivity index (χ2n) is 9.00. The number of H-pyrrole nitrogens is 1. The third-order valence-corrected chi connectivity index (χ3v) is 6.52. The Kier molecular flexibility index (Phi) is 4.95. The minimum atomic E-state index is -0.341. The van der Waals surface area contributed by atoms with Crippen LogP contribution >= 0.6 is 0 Å². The smallest absolute Gasteiger partial charge is 0.226 e. The maximum atomic E-state index is 12.2. The number of amides is 1. The molecular formula is C23H32N4O2. The lowest BCUT2D eigenvalue weighted by Gasteiger charge is -2.36. The Hall–Kier alpha value is -2.31. The van der Waals surface area contributed by atoms with Crippen molar-refractivity contribution in [1.29, 1.82) is 0 Å². The summed E-state index contributed by atoms with van der Waals surface area (Å²) in [5, 5.41) is 13.9. The Labute approximate surface area is 172 Å². The molecule has 0 spiro atoms. The lowest BCUT2D eigenvalue weighted by atomic mass is 9.73. The number of likely N-dealkylation sites (N-methyl/N-ethyl adjacent to an activating group) is 1. The van der Waals surface area contributed by atoms with Gasteiger partial charge in [0.25, 0.3) is 0 Å². The van der Waals surface area contributed by atoms with E-state index in [1.807, 2.05) is 24.8 Å². The highest BCUT2D eigenvalue weighted by Crippen LogP contribution is 2.46. The number of fused-ring (bicyclic) bond motifs is 1. The molecule has 0 saturated carbocycles. The molecule has 0 fully saturated rings. The van der Waals surface area contributed by atoms with E-state index in [1.54, 1.807) is 0 Å². The third kappa shape index (κ3) is 3.34. The molecule has 1 aliphatic heterocycles. The van der Waals surface area contributed by atoms with Crippen LogP contribution in [0.4, 0.5) is 5.69 Å². The third-order valence-electron chi connectivity index (χ3n) is 6.52. The molecule has 156 valence electrons. The van der Waals surface area contributed by atoms with Crippen LogP contribution in [0.1, 0.15) is 58.7 Å². The summed E-state index contributed by atoms with van der Waals surface area (Å²) in [6.45, 7) is 8.80. The van der Waals surface area contributed by atoms with Crippen molar-refractivity contribution in [1.82, 2.24) is 15.4 Å². The summed E-state index contributed by atoms with van der Waals surface area (Å²) in [5.41, 5.74) is 8.95. The van der Waals surface area contributed by atoms with E-state index in [0.717, 1.165) is 28.7 Å². The summed E-state index contributed by atoms with van der Waals surface area (Å²) in [6, 6.07) is 8.41. The van der Waals surface area contributed by atoms with Crippen molar-refractivity contribution in [3.8, 4) is 0 Å². The zero-order chi connectivity index (χ0) is 20.9. The molecule has 1 aliphatic carbocycles. The van der Waals surface area contributed by atoms with Gasteiger partial charge < -0.3 is 20.4 Å². The lowest BCUT2D eigenvalue weighted by Crippen LogP contribution is -2.35. The molecule has 2 atom stereocenters. The van der Waals surface area contributed by atoms with Crippen molar-refractivity contribution in [3.63, 3.8) is 0 Å². The maximum absolute atomic E-state index is 12.2. The fraction of sp³-hybridized carbons (Fsp3) is 0.522. The van der Waals surface area contributed by atoms with Gasteiger partial charge in [-0.3, -0.25) is 4.79 Å². The number of aliphatic hydroxyl groups excluding tert-OH is 1. The number of aliphatic hydroxyl groups is 1. The summed E-state index contributed by atoms with van der Waals surface area (Å²) in [4.78, 5) is 17.6. The monoisotopic (exact) mass is 396 g/mol. The van der Waals surface area contributed by atoms with Crippen molar-refractivity contribution < 1.29 is 9.90 Å². The number of hydrazine groups is 1. The van der Waals surface area contributed by atoms with Gasteiger partial charge in [-0.15, -0.1) is 0 Å². The number of rotatable bonds is 4. The van der Waals surface area contributed by atoms with Crippen LogP contribution in [0.3, 0.4) is 0 Å². The number of carbonyl (C=O) groups excluding carboxylic acids is 1. The molecule has 0 saturated heterocycles. The van der Waals surface area contributed by atoms with Crippen LogP contribution in [-0.4, -0.2) is 40.7 Å². The second-order valence-corrected chi connectivity index (χ2v) is 9.00. The number of allylic oxidation sites excluding steroid dienone is 1. The summed E-state index contributed by atoms with van der Waals surface area (Å²) in [7, 11) is 2.05. The zero-order valence-electron chi connectivity index (χ0n) is 18.0. The molecule has 2 aromatic rings. The summed E-state index contributed by atoms with van der Waals surface area (Å²) in [5.74, 6) is 0.131. The molecule has 6 heteroatoms. The minimum absolute atomic E-state index is 0.0751. The van der Waals surface area contributed by atoms with E-state index in [2.05, 4.69) is 54.5 Å². The fourth-order valence-corrected chi connectivity index (χ4v) is 4.74. The Bertz CT molecular complexity index is 974. The van der Waals surface area contributed by atoms with Crippen molar-refractivity contribution in [3.05, 3.63) is 41.2 Å². The number of carbonyl (C=O) groups is 1. The van der Waals surface area contributed by atoms with Crippen molar-refractivity contribution in [2.45, 2.75) is 59.1 Å². The van der Waals surface area contributed by atoms with Gasteiger partial charge in [0.1, 0.15) is 0 Å². The predicted octanol–water partition coefficient (Wildman–Crippen LogP) is 3.86. The summed E-state index contributed by atoms with van der Waals surface area (Å²) < 4.78 is 0. The van der Waals surface area contributed by atoms with Crippen LogP contribution < -0.4 is 10.3 Å². The van der Waals surface area contributed by atoms with Gasteiger partial charge in [-0.25, -0.2) is 5.01 Å². The maximum Gasteiger partial charge on any atom is 0.226 e. The van der Waals surface area contributed by atoms with Gasteiger partial charge in [0.05, 0.1) is 12.1 Å². The van der Waals surface area contributed by atoms with Crippen LogP contribution in [0.5, 0.6) is 0 Å². The topological polar surface area (TPSA) is 71.6 Å². The summed E-state index contributed by atoms with van der Waals surface area (Å²) in [6.07, 6.45) is 1.68. The SMILES string of the molecule is CCC(=O)N(CC)c1ccc2cc(C3C4=C(CC(C)(C)C(O)C4)NN3C)[nH]c2c1. The van der Waals surface area contributed by atoms with Gasteiger partial charge in [0.15, 0.2) is 0 Å². The Morgan fingerprint density at radius 2 is 2.07 bits per heavy atom. The van der Waals surface area contributed by atoms with Gasteiger partial charge in [-0.05, 0) is 54.3 Å². The second kappa shape index (κ2) is 7.18. The Morgan fingerprint density at radius 3 is 2.76 bits per heavy atom. The molecule has 2 unspecified atom stereocenters. The number of hydrogen-bond donors (Lipinski definition) is 3. The average molecular weight is 397 g/mol. The number of nitrogens with zero attached hydrogens (tertiary/aromatic N) is 2. The average Bonchev–Trinajstić information content (AvgIpc) is 3.21. The van der Waals surface area contributed by atoms with E-state index in [9.17, 15) is 9.90 Å². The molecular weight excluding hydrogens is 364 g/mol. The molecule has 29 heavy (non-hydrogen) atoms. The number of anilines is 1. The molecule has 1 aromatic carbocycles. The first-order chi connectivity index (χ1) is 13.7. The van der Waals surface area contributed by atoms with Crippen LogP contribution in [-0.2, 0) is 4.79 Å². The highest BCUT2D eigenvalue weighted by Gasteiger charge is 2.42. The van der Waals surface area contributed by atoms with E-state index in [1.165, 1.54) is 11.3 Å². The molecule has 2 heterocycles. The Morgan fingerprint density at radius 1 is 1.31 bits per heavy atom. The number of nitrogens with one attached hydrogen (secondary N) is 2. The van der Waals surface area contributed by atoms with Gasteiger partial charge >= 0.3 is 0 Å². The fourth-order valence-electron chi connectivity index (χ4n) is 4.74. The predicted molar refractivity (Wildman–Crippen MR) is 116 cm³/mol. The molecule has 2 aliphatic rings. The van der Waals surface area contributed by atoms with E-state index in [0.29, 0.717) is 19.4 Å². The molecule has 0 bridgehead atoms. The molecule has 4 rings (SSSR count). The van der Waals surface area contributed by atoms with Gasteiger partial charge in [0.2, 0.25) is 5.91 Å². The lowest BCUT2D eigenvalue weighted by molar-refractivity contribution is -0.118. The van der Waals surface area contributed by atoms with E-state index >= 15 is 0 Å².